The van der Waals surface area contributed by atoms with Crippen LogP contribution in [0, 0.1) is 0 Å². The van der Waals surface area contributed by atoms with Gasteiger partial charge in [-0.1, -0.05) is 48.5 Å². The van der Waals surface area contributed by atoms with E-state index in [2.05, 4.69) is 4.98 Å². The van der Waals surface area contributed by atoms with E-state index in [0.29, 0.717) is 21.5 Å². The van der Waals surface area contributed by atoms with E-state index in [-0.39, 0.29) is 10.8 Å². The molecule has 5 aromatic rings. The number of hydrogen-bond donors (Lipinski definition) is 1. The summed E-state index contributed by atoms with van der Waals surface area (Å²) < 4.78 is 28.5. The third-order valence-corrected chi connectivity index (χ3v) is 7.37. The summed E-state index contributed by atoms with van der Waals surface area (Å²) in [6.45, 7) is 0. The number of para-hydroxylation sites is 2. The minimum atomic E-state index is -3.97. The van der Waals surface area contributed by atoms with Gasteiger partial charge < -0.3 is 5.11 Å². The van der Waals surface area contributed by atoms with Crippen molar-refractivity contribution in [3.05, 3.63) is 78.9 Å². The van der Waals surface area contributed by atoms with Crippen LogP contribution in [0.3, 0.4) is 0 Å². The number of rotatable bonds is 3. The fourth-order valence-electron chi connectivity index (χ4n) is 3.33. The van der Waals surface area contributed by atoms with Crippen molar-refractivity contribution in [1.29, 1.82) is 0 Å². The van der Waals surface area contributed by atoms with Crippen molar-refractivity contribution >= 4 is 42.5 Å². The molecule has 0 amide bonds. The number of nitrogens with zero attached hydrogens (tertiary/aromatic N) is 2. The summed E-state index contributed by atoms with van der Waals surface area (Å²) in [4.78, 5) is 4.73. The SMILES string of the molecule is O=S(=O)(c1ccccc1)n1c(O)c(-c2nc3ccccc3s2)c2ccccc21. The molecule has 0 saturated carbocycles. The monoisotopic (exact) mass is 406 g/mol. The largest absolute Gasteiger partial charge is 0.493 e. The maximum atomic E-state index is 13.3. The molecule has 1 N–H and O–H groups in total. The summed E-state index contributed by atoms with van der Waals surface area (Å²) in [5.41, 5.74) is 1.65. The molecule has 0 bridgehead atoms. The van der Waals surface area contributed by atoms with Gasteiger partial charge in [0, 0.05) is 5.39 Å². The van der Waals surface area contributed by atoms with Crippen molar-refractivity contribution in [2.45, 2.75) is 4.90 Å². The second-order valence-electron chi connectivity index (χ2n) is 6.28. The number of hydrogen-bond acceptors (Lipinski definition) is 5. The zero-order valence-electron chi connectivity index (χ0n) is 14.5. The van der Waals surface area contributed by atoms with Gasteiger partial charge in [-0.25, -0.2) is 17.4 Å². The average molecular weight is 406 g/mol. The minimum Gasteiger partial charge on any atom is -0.493 e. The van der Waals surface area contributed by atoms with E-state index in [1.165, 1.54) is 23.5 Å². The molecule has 0 spiro atoms. The Morgan fingerprint density at radius 2 is 1.54 bits per heavy atom. The van der Waals surface area contributed by atoms with E-state index in [1.807, 2.05) is 30.3 Å². The van der Waals surface area contributed by atoms with Crippen LogP contribution >= 0.6 is 11.3 Å². The van der Waals surface area contributed by atoms with Crippen LogP contribution < -0.4 is 0 Å². The lowest BCUT2D eigenvalue weighted by Gasteiger charge is -2.08. The molecule has 0 aliphatic carbocycles. The number of aromatic hydroxyl groups is 1. The van der Waals surface area contributed by atoms with E-state index >= 15 is 0 Å². The molecule has 0 unspecified atom stereocenters. The third kappa shape index (κ3) is 2.44. The first-order valence-corrected chi connectivity index (χ1v) is 10.8. The molecular weight excluding hydrogens is 392 g/mol. The number of benzene rings is 3. The van der Waals surface area contributed by atoms with Crippen molar-refractivity contribution in [2.24, 2.45) is 0 Å². The maximum Gasteiger partial charge on any atom is 0.271 e. The van der Waals surface area contributed by atoms with E-state index in [9.17, 15) is 13.5 Å². The van der Waals surface area contributed by atoms with Crippen molar-refractivity contribution in [3.8, 4) is 16.5 Å². The molecule has 7 heteroatoms. The molecule has 0 aliphatic rings. The van der Waals surface area contributed by atoms with Gasteiger partial charge in [0.1, 0.15) is 5.01 Å². The van der Waals surface area contributed by atoms with Gasteiger partial charge in [0.25, 0.3) is 10.0 Å². The molecule has 5 nitrogen and oxygen atoms in total. The van der Waals surface area contributed by atoms with Gasteiger partial charge in [0.05, 0.1) is 26.2 Å². The molecule has 28 heavy (non-hydrogen) atoms. The fraction of sp³-hybridized carbons (Fsp3) is 0. The van der Waals surface area contributed by atoms with Crippen LogP contribution in [0.5, 0.6) is 5.88 Å². The number of thiazole rings is 1. The van der Waals surface area contributed by atoms with Crippen LogP contribution in [0.4, 0.5) is 0 Å². The maximum absolute atomic E-state index is 13.3. The van der Waals surface area contributed by atoms with Crippen molar-refractivity contribution in [3.63, 3.8) is 0 Å². The summed E-state index contributed by atoms with van der Waals surface area (Å²) in [6.07, 6.45) is 0. The number of fused-ring (bicyclic) bond motifs is 2. The zero-order valence-corrected chi connectivity index (χ0v) is 16.1. The Hall–Kier alpha value is -3.16. The normalized spacial score (nSPS) is 12.0. The summed E-state index contributed by atoms with van der Waals surface area (Å²) >= 11 is 1.42. The first kappa shape index (κ1) is 17.0. The van der Waals surface area contributed by atoms with Gasteiger partial charge in [0.2, 0.25) is 5.88 Å². The van der Waals surface area contributed by atoms with E-state index in [0.717, 1.165) is 14.2 Å². The summed E-state index contributed by atoms with van der Waals surface area (Å²) in [6, 6.07) is 22.8. The molecule has 138 valence electrons. The van der Waals surface area contributed by atoms with Gasteiger partial charge in [-0.05, 0) is 30.3 Å². The fourth-order valence-corrected chi connectivity index (χ4v) is 5.80. The van der Waals surface area contributed by atoms with Crippen LogP contribution in [-0.2, 0) is 10.0 Å². The Bertz CT molecular complexity index is 1400. The second-order valence-corrected chi connectivity index (χ2v) is 9.10. The highest BCUT2D eigenvalue weighted by molar-refractivity contribution is 7.90. The minimum absolute atomic E-state index is 0.113. The van der Waals surface area contributed by atoms with Crippen molar-refractivity contribution in [2.75, 3.05) is 0 Å². The molecule has 0 radical (unpaired) electrons. The summed E-state index contributed by atoms with van der Waals surface area (Å²) in [7, 11) is -3.97. The van der Waals surface area contributed by atoms with Gasteiger partial charge in [0.15, 0.2) is 0 Å². The smallest absolute Gasteiger partial charge is 0.271 e. The Kier molecular flexibility index (Phi) is 3.75. The molecule has 0 aliphatic heterocycles. The van der Waals surface area contributed by atoms with Gasteiger partial charge in [-0.2, -0.15) is 0 Å². The lowest BCUT2D eigenvalue weighted by molar-refractivity contribution is 0.449. The van der Waals surface area contributed by atoms with Crippen molar-refractivity contribution in [1.82, 2.24) is 8.96 Å². The summed E-state index contributed by atoms with van der Waals surface area (Å²) in [5, 5.41) is 12.3. The van der Waals surface area contributed by atoms with Gasteiger partial charge in [-0.15, -0.1) is 11.3 Å². The Labute approximate surface area is 165 Å². The quantitative estimate of drug-likeness (QED) is 0.464. The predicted molar refractivity (Wildman–Crippen MR) is 111 cm³/mol. The van der Waals surface area contributed by atoms with Crippen LogP contribution in [-0.4, -0.2) is 22.5 Å². The Morgan fingerprint density at radius 3 is 2.32 bits per heavy atom. The average Bonchev–Trinajstić information content (AvgIpc) is 3.26. The van der Waals surface area contributed by atoms with E-state index in [4.69, 9.17) is 0 Å². The van der Waals surface area contributed by atoms with E-state index < -0.39 is 10.0 Å². The third-order valence-electron chi connectivity index (χ3n) is 4.60. The highest BCUT2D eigenvalue weighted by atomic mass is 32.2. The molecule has 2 aromatic heterocycles. The van der Waals surface area contributed by atoms with Crippen LogP contribution in [0.1, 0.15) is 0 Å². The first-order valence-electron chi connectivity index (χ1n) is 8.56. The zero-order chi connectivity index (χ0) is 19.3. The molecule has 5 rings (SSSR count). The Balaban J connectivity index is 1.85. The molecule has 3 aromatic carbocycles. The molecule has 2 heterocycles. The lowest BCUT2D eigenvalue weighted by Crippen LogP contribution is -2.12. The lowest BCUT2D eigenvalue weighted by atomic mass is 10.2. The molecule has 0 atom stereocenters. The van der Waals surface area contributed by atoms with Crippen LogP contribution in [0.25, 0.3) is 31.7 Å². The highest BCUT2D eigenvalue weighted by Crippen LogP contribution is 2.43. The van der Waals surface area contributed by atoms with E-state index in [1.54, 1.807) is 36.4 Å². The van der Waals surface area contributed by atoms with Gasteiger partial charge in [-0.3, -0.25) is 0 Å². The van der Waals surface area contributed by atoms with Crippen molar-refractivity contribution < 1.29 is 13.5 Å². The molecule has 0 fully saturated rings. The van der Waals surface area contributed by atoms with Gasteiger partial charge >= 0.3 is 0 Å². The molecule has 0 saturated heterocycles. The Morgan fingerprint density at radius 1 is 0.857 bits per heavy atom. The second kappa shape index (κ2) is 6.19. The summed E-state index contributed by atoms with van der Waals surface area (Å²) in [5.74, 6) is -0.330. The first-order chi connectivity index (χ1) is 13.6. The topological polar surface area (TPSA) is 72.2 Å². The standard InChI is InChI=1S/C21H14N2O3S2/c24-21-19(20-22-16-11-5-7-13-18(16)27-20)15-10-4-6-12-17(15)23(21)28(25,26)14-8-2-1-3-9-14/h1-13,24H. The number of aromatic nitrogens is 2. The van der Waals surface area contributed by atoms with Crippen LogP contribution in [0.2, 0.25) is 0 Å². The highest BCUT2D eigenvalue weighted by Gasteiger charge is 2.28. The van der Waals surface area contributed by atoms with Crippen LogP contribution in [0.15, 0.2) is 83.8 Å². The molecular formula is C21H14N2O3S2. The predicted octanol–water partition coefficient (Wildman–Crippen LogP) is 4.86.